The molecule has 1 aliphatic heterocycles. The number of rotatable bonds is 5. The van der Waals surface area contributed by atoms with Gasteiger partial charge in [-0.1, -0.05) is 97.1 Å². The van der Waals surface area contributed by atoms with Crippen molar-refractivity contribution in [3.05, 3.63) is 126 Å². The summed E-state index contributed by atoms with van der Waals surface area (Å²) in [6.07, 6.45) is 6.38. The largest absolute Gasteiger partial charge is 0.339 e. The first-order valence-corrected chi connectivity index (χ1v) is 11.6. The maximum absolute atomic E-state index is 13.7. The SMILES string of the molecule is O=C(/C(=C\C(=C\c1ccccc1)c1ccccc1)c1ccc2ccccc2c1)N1CCCC1. The number of carbonyl (C=O) groups excluding carboxylic acids is 1. The average Bonchev–Trinajstić information content (AvgIpc) is 3.42. The Morgan fingerprint density at radius 2 is 1.30 bits per heavy atom. The Labute approximate surface area is 195 Å². The van der Waals surface area contributed by atoms with Crippen LogP contribution in [0.3, 0.4) is 0 Å². The number of likely N-dealkylation sites (tertiary alicyclic amines) is 1. The van der Waals surface area contributed by atoms with E-state index in [4.69, 9.17) is 0 Å². The molecule has 0 radical (unpaired) electrons. The molecule has 33 heavy (non-hydrogen) atoms. The van der Waals surface area contributed by atoms with E-state index in [1.807, 2.05) is 53.4 Å². The van der Waals surface area contributed by atoms with E-state index in [0.717, 1.165) is 59.2 Å². The number of fused-ring (bicyclic) bond motifs is 1. The van der Waals surface area contributed by atoms with E-state index >= 15 is 0 Å². The summed E-state index contributed by atoms with van der Waals surface area (Å²) in [5.74, 6) is 0.109. The van der Waals surface area contributed by atoms with Crippen LogP contribution in [0.2, 0.25) is 0 Å². The smallest absolute Gasteiger partial charge is 0.254 e. The third kappa shape index (κ3) is 4.80. The van der Waals surface area contributed by atoms with Crippen LogP contribution < -0.4 is 0 Å². The van der Waals surface area contributed by atoms with E-state index < -0.39 is 0 Å². The molecule has 4 aromatic rings. The maximum atomic E-state index is 13.7. The van der Waals surface area contributed by atoms with Crippen molar-refractivity contribution in [2.24, 2.45) is 0 Å². The molecule has 0 aliphatic carbocycles. The minimum absolute atomic E-state index is 0.109. The van der Waals surface area contributed by atoms with Crippen molar-refractivity contribution >= 4 is 33.9 Å². The van der Waals surface area contributed by atoms with Gasteiger partial charge in [0, 0.05) is 18.7 Å². The second-order valence-corrected chi connectivity index (χ2v) is 8.50. The van der Waals surface area contributed by atoms with Gasteiger partial charge in [-0.3, -0.25) is 4.79 Å². The van der Waals surface area contributed by atoms with Crippen molar-refractivity contribution in [1.82, 2.24) is 4.90 Å². The summed E-state index contributed by atoms with van der Waals surface area (Å²) < 4.78 is 0. The number of hydrogen-bond acceptors (Lipinski definition) is 1. The highest BCUT2D eigenvalue weighted by Crippen LogP contribution is 2.29. The predicted molar refractivity (Wildman–Crippen MR) is 138 cm³/mol. The fourth-order valence-electron chi connectivity index (χ4n) is 4.44. The fraction of sp³-hybridized carbons (Fsp3) is 0.129. The molecule has 0 unspecified atom stereocenters. The highest BCUT2D eigenvalue weighted by Gasteiger charge is 2.23. The molecule has 2 nitrogen and oxygen atoms in total. The molecule has 1 saturated heterocycles. The summed E-state index contributed by atoms with van der Waals surface area (Å²) in [6.45, 7) is 1.65. The van der Waals surface area contributed by atoms with Crippen molar-refractivity contribution in [3.63, 3.8) is 0 Å². The van der Waals surface area contributed by atoms with Crippen molar-refractivity contribution in [3.8, 4) is 0 Å². The van der Waals surface area contributed by atoms with Gasteiger partial charge in [0.1, 0.15) is 0 Å². The molecule has 1 amide bonds. The van der Waals surface area contributed by atoms with E-state index in [2.05, 4.69) is 66.7 Å². The number of nitrogens with zero attached hydrogens (tertiary/aromatic N) is 1. The third-order valence-electron chi connectivity index (χ3n) is 6.21. The molecule has 0 spiro atoms. The Hall–Kier alpha value is -3.91. The van der Waals surface area contributed by atoms with Gasteiger partial charge >= 0.3 is 0 Å². The van der Waals surface area contributed by atoms with Gasteiger partial charge in [-0.15, -0.1) is 0 Å². The molecule has 1 heterocycles. The topological polar surface area (TPSA) is 20.3 Å². The second kappa shape index (κ2) is 9.70. The summed E-state index contributed by atoms with van der Waals surface area (Å²) >= 11 is 0. The Morgan fingerprint density at radius 1 is 0.667 bits per heavy atom. The zero-order valence-electron chi connectivity index (χ0n) is 18.7. The van der Waals surface area contributed by atoms with Gasteiger partial charge in [0.2, 0.25) is 0 Å². The Bertz CT molecular complexity index is 1310. The molecule has 0 aromatic heterocycles. The van der Waals surface area contributed by atoms with Crippen LogP contribution in [0.25, 0.3) is 28.0 Å². The lowest BCUT2D eigenvalue weighted by atomic mass is 9.95. The second-order valence-electron chi connectivity index (χ2n) is 8.50. The third-order valence-corrected chi connectivity index (χ3v) is 6.21. The predicted octanol–water partition coefficient (Wildman–Crippen LogP) is 7.09. The van der Waals surface area contributed by atoms with Crippen LogP contribution >= 0.6 is 0 Å². The number of amides is 1. The summed E-state index contributed by atoms with van der Waals surface area (Å²) in [6, 6.07) is 35.2. The Morgan fingerprint density at radius 3 is 2.03 bits per heavy atom. The Balaban J connectivity index is 1.67. The van der Waals surface area contributed by atoms with Crippen LogP contribution in [0.4, 0.5) is 0 Å². The minimum atomic E-state index is 0.109. The molecular weight excluding hydrogens is 402 g/mol. The first-order valence-electron chi connectivity index (χ1n) is 11.6. The molecule has 4 aromatic carbocycles. The molecular formula is C31H27NO. The standard InChI is InChI=1S/C31H27NO/c33-31(32-19-9-10-20-32)30(28-18-17-26-15-7-8-16-27(26)22-28)23-29(25-13-5-2-6-14-25)21-24-11-3-1-4-12-24/h1-8,11-18,21-23H,9-10,19-20H2/b29-21-,30-23-. The number of allylic oxidation sites excluding steroid dienone is 2. The summed E-state index contributed by atoms with van der Waals surface area (Å²) in [5.41, 5.74) is 4.93. The zero-order valence-corrected chi connectivity index (χ0v) is 18.7. The molecule has 1 fully saturated rings. The van der Waals surface area contributed by atoms with Gasteiger partial charge in [0.05, 0.1) is 0 Å². The van der Waals surface area contributed by atoms with Crippen LogP contribution in [0, 0.1) is 0 Å². The lowest BCUT2D eigenvalue weighted by molar-refractivity contribution is -0.124. The van der Waals surface area contributed by atoms with Crippen molar-refractivity contribution < 1.29 is 4.79 Å². The van der Waals surface area contributed by atoms with Gasteiger partial charge in [-0.05, 0) is 64.1 Å². The highest BCUT2D eigenvalue weighted by molar-refractivity contribution is 6.22. The maximum Gasteiger partial charge on any atom is 0.254 e. The van der Waals surface area contributed by atoms with E-state index in [1.54, 1.807) is 0 Å². The first-order chi connectivity index (χ1) is 16.3. The van der Waals surface area contributed by atoms with Crippen molar-refractivity contribution in [2.45, 2.75) is 12.8 Å². The molecule has 0 N–H and O–H groups in total. The Kier molecular flexibility index (Phi) is 6.16. The van der Waals surface area contributed by atoms with Crippen molar-refractivity contribution in [1.29, 1.82) is 0 Å². The van der Waals surface area contributed by atoms with E-state index in [1.165, 1.54) is 5.39 Å². The van der Waals surface area contributed by atoms with Crippen LogP contribution in [0.5, 0.6) is 0 Å². The number of hydrogen-bond donors (Lipinski definition) is 0. The molecule has 0 bridgehead atoms. The van der Waals surface area contributed by atoms with Gasteiger partial charge in [0.15, 0.2) is 0 Å². The van der Waals surface area contributed by atoms with E-state index in [0.29, 0.717) is 0 Å². The molecule has 0 atom stereocenters. The molecule has 0 saturated carbocycles. The van der Waals surface area contributed by atoms with Crippen LogP contribution in [-0.4, -0.2) is 23.9 Å². The van der Waals surface area contributed by atoms with Gasteiger partial charge in [-0.2, -0.15) is 0 Å². The summed E-state index contributed by atoms with van der Waals surface area (Å²) in [7, 11) is 0. The van der Waals surface area contributed by atoms with Crippen molar-refractivity contribution in [2.75, 3.05) is 13.1 Å². The van der Waals surface area contributed by atoms with E-state index in [-0.39, 0.29) is 5.91 Å². The summed E-state index contributed by atoms with van der Waals surface area (Å²) in [4.78, 5) is 15.7. The molecule has 2 heteroatoms. The van der Waals surface area contributed by atoms with Gasteiger partial charge in [0.25, 0.3) is 5.91 Å². The normalized spacial score (nSPS) is 14.6. The molecule has 1 aliphatic rings. The average molecular weight is 430 g/mol. The van der Waals surface area contributed by atoms with Crippen LogP contribution in [-0.2, 0) is 4.79 Å². The van der Waals surface area contributed by atoms with Crippen LogP contribution in [0.15, 0.2) is 109 Å². The zero-order chi connectivity index (χ0) is 22.5. The number of benzene rings is 4. The molecule has 162 valence electrons. The van der Waals surface area contributed by atoms with E-state index in [9.17, 15) is 4.79 Å². The fourth-order valence-corrected chi connectivity index (χ4v) is 4.44. The first kappa shape index (κ1) is 21.0. The van der Waals surface area contributed by atoms with Crippen LogP contribution in [0.1, 0.15) is 29.5 Å². The number of carbonyl (C=O) groups is 1. The van der Waals surface area contributed by atoms with Gasteiger partial charge < -0.3 is 4.90 Å². The summed E-state index contributed by atoms with van der Waals surface area (Å²) in [5, 5.41) is 2.32. The quantitative estimate of drug-likeness (QED) is 0.188. The van der Waals surface area contributed by atoms with Gasteiger partial charge in [-0.25, -0.2) is 0 Å². The highest BCUT2D eigenvalue weighted by atomic mass is 16.2. The lowest BCUT2D eigenvalue weighted by Crippen LogP contribution is -2.28. The lowest BCUT2D eigenvalue weighted by Gasteiger charge is -2.19. The molecule has 5 rings (SSSR count). The minimum Gasteiger partial charge on any atom is -0.339 e. The monoisotopic (exact) mass is 429 g/mol.